The first-order valence-electron chi connectivity index (χ1n) is 6.83. The van der Waals surface area contributed by atoms with Gasteiger partial charge in [-0.25, -0.2) is 0 Å². The van der Waals surface area contributed by atoms with E-state index in [1.54, 1.807) is 4.90 Å². The summed E-state index contributed by atoms with van der Waals surface area (Å²) in [6, 6.07) is 7.80. The van der Waals surface area contributed by atoms with E-state index in [2.05, 4.69) is 13.5 Å². The summed E-state index contributed by atoms with van der Waals surface area (Å²) in [4.78, 5) is 25.7. The Morgan fingerprint density at radius 1 is 1.50 bits per heavy atom. The van der Waals surface area contributed by atoms with Gasteiger partial charge < -0.3 is 9.64 Å². The van der Waals surface area contributed by atoms with Crippen LogP contribution in [0.2, 0.25) is 0 Å². The van der Waals surface area contributed by atoms with Gasteiger partial charge in [0.15, 0.2) is 0 Å². The molecule has 0 radical (unpaired) electrons. The molecule has 1 aliphatic rings. The quantitative estimate of drug-likeness (QED) is 0.611. The maximum absolute atomic E-state index is 12.1. The summed E-state index contributed by atoms with van der Waals surface area (Å²) in [5, 5.41) is 0. The Kier molecular flexibility index (Phi) is 4.56. The molecule has 0 N–H and O–H groups in total. The van der Waals surface area contributed by atoms with E-state index in [1.165, 1.54) is 6.08 Å². The van der Waals surface area contributed by atoms with Gasteiger partial charge in [0.1, 0.15) is 6.61 Å². The molecule has 0 aromatic heterocycles. The summed E-state index contributed by atoms with van der Waals surface area (Å²) in [6.45, 7) is 6.14. The number of benzene rings is 1. The minimum absolute atomic E-state index is 0.0218. The van der Waals surface area contributed by atoms with Gasteiger partial charge in [0.05, 0.1) is 5.92 Å². The second kappa shape index (κ2) is 6.37. The van der Waals surface area contributed by atoms with Crippen LogP contribution in [0, 0.1) is 5.92 Å². The molecule has 1 fully saturated rings. The van der Waals surface area contributed by atoms with Crippen LogP contribution < -0.4 is 4.90 Å². The number of aryl methyl sites for hydroxylation is 1. The van der Waals surface area contributed by atoms with E-state index >= 15 is 0 Å². The number of esters is 1. The Hall–Kier alpha value is -2.10. The molecule has 1 aromatic carbocycles. The Morgan fingerprint density at radius 3 is 2.95 bits per heavy atom. The predicted molar refractivity (Wildman–Crippen MR) is 77.4 cm³/mol. The lowest BCUT2D eigenvalue weighted by Crippen LogP contribution is -2.27. The summed E-state index contributed by atoms with van der Waals surface area (Å²) in [6.07, 6.45) is 2.60. The molecule has 0 aliphatic carbocycles. The van der Waals surface area contributed by atoms with E-state index in [9.17, 15) is 9.59 Å². The highest BCUT2D eigenvalue weighted by Gasteiger charge is 2.36. The fraction of sp³-hybridized carbons (Fsp3) is 0.375. The number of nitrogens with zero attached hydrogens (tertiary/aromatic N) is 1. The molecule has 4 heteroatoms. The number of amides is 1. The molecule has 0 saturated carbocycles. The third-order valence-electron chi connectivity index (χ3n) is 3.47. The van der Waals surface area contributed by atoms with Crippen LogP contribution in [0.4, 0.5) is 5.69 Å². The molecule has 2 rings (SSSR count). The van der Waals surface area contributed by atoms with Crippen LogP contribution >= 0.6 is 0 Å². The van der Waals surface area contributed by atoms with E-state index in [0.717, 1.165) is 17.7 Å². The summed E-state index contributed by atoms with van der Waals surface area (Å²) in [7, 11) is 0. The molecule has 1 aromatic rings. The average Bonchev–Trinajstić information content (AvgIpc) is 2.86. The number of carbonyl (C=O) groups excluding carboxylic acids is 2. The first-order valence-corrected chi connectivity index (χ1v) is 6.83. The van der Waals surface area contributed by atoms with Crippen LogP contribution in [0.3, 0.4) is 0 Å². The Balaban J connectivity index is 2.13. The number of hydrogen-bond donors (Lipinski definition) is 0. The van der Waals surface area contributed by atoms with Crippen molar-refractivity contribution in [2.75, 3.05) is 18.1 Å². The van der Waals surface area contributed by atoms with E-state index in [4.69, 9.17) is 4.74 Å². The maximum Gasteiger partial charge on any atom is 0.311 e. The smallest absolute Gasteiger partial charge is 0.311 e. The first-order chi connectivity index (χ1) is 9.67. The van der Waals surface area contributed by atoms with Crippen LogP contribution in [-0.2, 0) is 20.7 Å². The highest BCUT2D eigenvalue weighted by atomic mass is 16.5. The first kappa shape index (κ1) is 14.3. The second-order valence-corrected chi connectivity index (χ2v) is 4.81. The van der Waals surface area contributed by atoms with Gasteiger partial charge in [0.2, 0.25) is 5.91 Å². The molecule has 1 heterocycles. The second-order valence-electron chi connectivity index (χ2n) is 4.81. The molecule has 1 aliphatic heterocycles. The van der Waals surface area contributed by atoms with Crippen molar-refractivity contribution < 1.29 is 14.3 Å². The summed E-state index contributed by atoms with van der Waals surface area (Å²) >= 11 is 0. The van der Waals surface area contributed by atoms with Gasteiger partial charge in [0, 0.05) is 18.7 Å². The van der Waals surface area contributed by atoms with Crippen molar-refractivity contribution in [3.05, 3.63) is 42.5 Å². The fourth-order valence-electron chi connectivity index (χ4n) is 2.43. The third kappa shape index (κ3) is 2.90. The number of para-hydroxylation sites is 1. The predicted octanol–water partition coefficient (Wildman–Crippen LogP) is 2.33. The molecule has 1 atom stereocenters. The van der Waals surface area contributed by atoms with Crippen molar-refractivity contribution in [2.45, 2.75) is 19.8 Å². The highest BCUT2D eigenvalue weighted by molar-refractivity contribution is 6.00. The zero-order chi connectivity index (χ0) is 14.5. The number of anilines is 1. The molecular formula is C16H19NO3. The van der Waals surface area contributed by atoms with Gasteiger partial charge in [-0.1, -0.05) is 37.8 Å². The van der Waals surface area contributed by atoms with Crippen LogP contribution in [0.1, 0.15) is 18.9 Å². The van der Waals surface area contributed by atoms with Crippen molar-refractivity contribution in [3.63, 3.8) is 0 Å². The van der Waals surface area contributed by atoms with Crippen molar-refractivity contribution >= 4 is 17.6 Å². The zero-order valence-electron chi connectivity index (χ0n) is 11.7. The van der Waals surface area contributed by atoms with Crippen LogP contribution in [0.25, 0.3) is 0 Å². The van der Waals surface area contributed by atoms with Gasteiger partial charge in [-0.2, -0.15) is 0 Å². The monoisotopic (exact) mass is 273 g/mol. The van der Waals surface area contributed by atoms with Gasteiger partial charge in [-0.15, -0.1) is 0 Å². The van der Waals surface area contributed by atoms with Crippen LogP contribution in [0.5, 0.6) is 0 Å². The van der Waals surface area contributed by atoms with E-state index in [0.29, 0.717) is 6.54 Å². The lowest BCUT2D eigenvalue weighted by Gasteiger charge is -2.19. The minimum Gasteiger partial charge on any atom is -0.461 e. The van der Waals surface area contributed by atoms with Gasteiger partial charge in [0.25, 0.3) is 0 Å². The van der Waals surface area contributed by atoms with Gasteiger partial charge in [-0.3, -0.25) is 9.59 Å². The normalized spacial score (nSPS) is 18.1. The standard InChI is InChI=1S/C16H19NO3/c1-3-9-20-16(19)13-10-15(18)17(11-13)14-8-6-5-7-12(14)4-2/h3,5-8,13H,1,4,9-11H2,2H3. The van der Waals surface area contributed by atoms with Crippen molar-refractivity contribution in [3.8, 4) is 0 Å². The van der Waals surface area contributed by atoms with Crippen LogP contribution in [-0.4, -0.2) is 25.0 Å². The van der Waals surface area contributed by atoms with Gasteiger partial charge >= 0.3 is 5.97 Å². The number of hydrogen-bond acceptors (Lipinski definition) is 3. The zero-order valence-corrected chi connectivity index (χ0v) is 11.7. The lowest BCUT2D eigenvalue weighted by atomic mass is 10.1. The lowest BCUT2D eigenvalue weighted by molar-refractivity contribution is -0.147. The Labute approximate surface area is 119 Å². The van der Waals surface area contributed by atoms with E-state index in [-0.39, 0.29) is 30.8 Å². The molecule has 4 nitrogen and oxygen atoms in total. The Bertz CT molecular complexity index is 524. The molecule has 20 heavy (non-hydrogen) atoms. The molecule has 106 valence electrons. The molecule has 1 unspecified atom stereocenters. The number of carbonyl (C=O) groups is 2. The summed E-state index contributed by atoms with van der Waals surface area (Å²) < 4.78 is 5.03. The minimum atomic E-state index is -0.382. The van der Waals surface area contributed by atoms with Gasteiger partial charge in [-0.05, 0) is 18.1 Å². The van der Waals surface area contributed by atoms with E-state index < -0.39 is 0 Å². The molecule has 1 saturated heterocycles. The molecule has 0 bridgehead atoms. The van der Waals surface area contributed by atoms with Crippen molar-refractivity contribution in [2.24, 2.45) is 5.92 Å². The SMILES string of the molecule is C=CCOC(=O)C1CC(=O)N(c2ccccc2CC)C1. The van der Waals surface area contributed by atoms with E-state index in [1.807, 2.05) is 24.3 Å². The summed E-state index contributed by atoms with van der Waals surface area (Å²) in [5.74, 6) is -0.728. The van der Waals surface area contributed by atoms with Crippen molar-refractivity contribution in [1.29, 1.82) is 0 Å². The average molecular weight is 273 g/mol. The third-order valence-corrected chi connectivity index (χ3v) is 3.47. The van der Waals surface area contributed by atoms with Crippen LogP contribution in [0.15, 0.2) is 36.9 Å². The van der Waals surface area contributed by atoms with Crippen molar-refractivity contribution in [1.82, 2.24) is 0 Å². The topological polar surface area (TPSA) is 46.6 Å². The molecule has 1 amide bonds. The number of ether oxygens (including phenoxy) is 1. The maximum atomic E-state index is 12.1. The molecular weight excluding hydrogens is 254 g/mol. The summed E-state index contributed by atoms with van der Waals surface area (Å²) in [5.41, 5.74) is 2.01. The fourth-order valence-corrected chi connectivity index (χ4v) is 2.43. The Morgan fingerprint density at radius 2 is 2.25 bits per heavy atom. The molecule has 0 spiro atoms. The highest BCUT2D eigenvalue weighted by Crippen LogP contribution is 2.28. The largest absolute Gasteiger partial charge is 0.461 e. The number of rotatable bonds is 5.